The molecule has 21 heavy (non-hydrogen) atoms. The zero-order valence-electron chi connectivity index (χ0n) is 11.6. The van der Waals surface area contributed by atoms with Crippen molar-refractivity contribution in [1.29, 1.82) is 0 Å². The maximum Gasteiger partial charge on any atom is 0.341 e. The second kappa shape index (κ2) is 7.28. The molecule has 2 aromatic rings. The van der Waals surface area contributed by atoms with Crippen molar-refractivity contribution >= 4 is 40.4 Å². The third-order valence-corrected chi connectivity index (χ3v) is 3.99. The van der Waals surface area contributed by atoms with Crippen molar-refractivity contribution in [3.05, 3.63) is 39.2 Å². The number of carbonyl (C=O) groups is 1. The zero-order valence-corrected chi connectivity index (χ0v) is 13.1. The van der Waals surface area contributed by atoms with Crippen LogP contribution >= 0.6 is 22.9 Å². The van der Waals surface area contributed by atoms with Crippen LogP contribution in [0.25, 0.3) is 0 Å². The number of ether oxygens (including phenoxy) is 1. The molecule has 5 nitrogen and oxygen atoms in total. The Morgan fingerprint density at radius 1 is 1.52 bits per heavy atom. The van der Waals surface area contributed by atoms with Gasteiger partial charge in [0.25, 0.3) is 0 Å². The number of nitrogens with two attached hydrogens (primary N) is 1. The number of pyridine rings is 1. The first kappa shape index (κ1) is 15.6. The average Bonchev–Trinajstić information content (AvgIpc) is 2.86. The predicted octanol–water partition coefficient (Wildman–Crippen LogP) is 3.21. The fourth-order valence-corrected chi connectivity index (χ4v) is 2.86. The number of hydrogen-bond acceptors (Lipinski definition) is 6. The molecule has 0 saturated carbocycles. The van der Waals surface area contributed by atoms with Gasteiger partial charge in [-0.2, -0.15) is 0 Å². The molecule has 7 heteroatoms. The van der Waals surface area contributed by atoms with Crippen LogP contribution in [0.4, 0.5) is 11.5 Å². The van der Waals surface area contributed by atoms with Crippen molar-refractivity contribution in [3.8, 4) is 0 Å². The number of hydrogen-bond donors (Lipinski definition) is 2. The van der Waals surface area contributed by atoms with Crippen LogP contribution in [0.2, 0.25) is 4.34 Å². The van der Waals surface area contributed by atoms with Crippen molar-refractivity contribution in [3.63, 3.8) is 0 Å². The topological polar surface area (TPSA) is 77.2 Å². The number of aromatic nitrogens is 1. The van der Waals surface area contributed by atoms with E-state index in [-0.39, 0.29) is 0 Å². The first-order valence-corrected chi connectivity index (χ1v) is 7.70. The fraction of sp³-hybridized carbons (Fsp3) is 0.286. The highest BCUT2D eigenvalue weighted by Gasteiger charge is 2.14. The number of esters is 1. The van der Waals surface area contributed by atoms with Crippen LogP contribution in [0.3, 0.4) is 0 Å². The molecule has 0 atom stereocenters. The molecule has 2 heterocycles. The quantitative estimate of drug-likeness (QED) is 0.797. The minimum Gasteiger partial charge on any atom is -0.462 e. The van der Waals surface area contributed by atoms with Crippen LogP contribution in [0.5, 0.6) is 0 Å². The Labute approximate surface area is 132 Å². The van der Waals surface area contributed by atoms with Gasteiger partial charge in [0.05, 0.1) is 22.8 Å². The molecule has 0 aromatic carbocycles. The SMILES string of the molecule is CCOC(=O)c1cc(N)cnc1NCCc1ccc(Cl)s1. The summed E-state index contributed by atoms with van der Waals surface area (Å²) >= 11 is 7.42. The lowest BCUT2D eigenvalue weighted by atomic mass is 10.2. The summed E-state index contributed by atoms with van der Waals surface area (Å²) < 4.78 is 5.77. The van der Waals surface area contributed by atoms with Gasteiger partial charge in [-0.3, -0.25) is 0 Å². The molecule has 3 N–H and O–H groups in total. The smallest absolute Gasteiger partial charge is 0.341 e. The van der Waals surface area contributed by atoms with Crippen molar-refractivity contribution in [2.45, 2.75) is 13.3 Å². The monoisotopic (exact) mass is 325 g/mol. The number of nitrogens with zero attached hydrogens (tertiary/aromatic N) is 1. The third-order valence-electron chi connectivity index (χ3n) is 2.70. The van der Waals surface area contributed by atoms with Gasteiger partial charge in [-0.15, -0.1) is 11.3 Å². The minimum absolute atomic E-state index is 0.306. The molecular formula is C14H16ClN3O2S. The van der Waals surface area contributed by atoms with Crippen LogP contribution in [0.15, 0.2) is 24.4 Å². The second-order valence-corrected chi connectivity index (χ2v) is 6.07. The van der Waals surface area contributed by atoms with Gasteiger partial charge in [-0.1, -0.05) is 11.6 Å². The van der Waals surface area contributed by atoms with Crippen molar-refractivity contribution in [1.82, 2.24) is 4.98 Å². The van der Waals surface area contributed by atoms with E-state index >= 15 is 0 Å². The molecule has 0 aliphatic heterocycles. The molecule has 112 valence electrons. The molecule has 0 bridgehead atoms. The van der Waals surface area contributed by atoms with Gasteiger partial charge in [-0.25, -0.2) is 9.78 Å². The highest BCUT2D eigenvalue weighted by molar-refractivity contribution is 7.16. The van der Waals surface area contributed by atoms with Gasteiger partial charge in [0.1, 0.15) is 11.4 Å². The van der Waals surface area contributed by atoms with Gasteiger partial charge in [0.2, 0.25) is 0 Å². The summed E-state index contributed by atoms with van der Waals surface area (Å²) in [6, 6.07) is 5.42. The molecular weight excluding hydrogens is 310 g/mol. The number of anilines is 2. The number of nitrogen functional groups attached to an aromatic ring is 1. The first-order valence-electron chi connectivity index (χ1n) is 6.51. The van der Waals surface area contributed by atoms with Crippen molar-refractivity contribution < 1.29 is 9.53 Å². The Balaban J connectivity index is 2.03. The Bertz CT molecular complexity index is 630. The number of halogens is 1. The van der Waals surface area contributed by atoms with E-state index in [9.17, 15) is 4.79 Å². The molecule has 2 rings (SSSR count). The largest absolute Gasteiger partial charge is 0.462 e. The molecule has 0 spiro atoms. The molecule has 0 aliphatic rings. The summed E-state index contributed by atoms with van der Waals surface area (Å²) in [6.45, 7) is 2.70. The lowest BCUT2D eigenvalue weighted by molar-refractivity contribution is 0.0527. The number of thiophene rings is 1. The van der Waals surface area contributed by atoms with E-state index in [1.807, 2.05) is 12.1 Å². The summed E-state index contributed by atoms with van der Waals surface area (Å²) in [5.74, 6) is 0.0456. The van der Waals surface area contributed by atoms with Crippen LogP contribution in [-0.2, 0) is 11.2 Å². The van der Waals surface area contributed by atoms with E-state index in [4.69, 9.17) is 22.1 Å². The number of nitrogens with one attached hydrogen (secondary N) is 1. The summed E-state index contributed by atoms with van der Waals surface area (Å²) in [5, 5.41) is 3.13. The molecule has 0 fully saturated rings. The van der Waals surface area contributed by atoms with E-state index in [1.54, 1.807) is 13.0 Å². The van der Waals surface area contributed by atoms with Gasteiger partial charge in [0, 0.05) is 11.4 Å². The Kier molecular flexibility index (Phi) is 5.41. The normalized spacial score (nSPS) is 10.4. The van der Waals surface area contributed by atoms with Crippen LogP contribution < -0.4 is 11.1 Å². The molecule has 0 unspecified atom stereocenters. The van der Waals surface area contributed by atoms with Crippen LogP contribution in [0, 0.1) is 0 Å². The minimum atomic E-state index is -0.432. The van der Waals surface area contributed by atoms with Gasteiger partial charge in [0.15, 0.2) is 0 Å². The summed E-state index contributed by atoms with van der Waals surface area (Å²) in [4.78, 5) is 17.2. The number of carbonyl (C=O) groups excluding carboxylic acids is 1. The summed E-state index contributed by atoms with van der Waals surface area (Å²) in [5.41, 5.74) is 6.45. The Morgan fingerprint density at radius 2 is 2.33 bits per heavy atom. The molecule has 2 aromatic heterocycles. The second-order valence-electron chi connectivity index (χ2n) is 4.27. The highest BCUT2D eigenvalue weighted by Crippen LogP contribution is 2.22. The Morgan fingerprint density at radius 3 is 3.00 bits per heavy atom. The lowest BCUT2D eigenvalue weighted by Gasteiger charge is -2.10. The van der Waals surface area contributed by atoms with Crippen molar-refractivity contribution in [2.75, 3.05) is 24.2 Å². The van der Waals surface area contributed by atoms with Gasteiger partial charge < -0.3 is 15.8 Å². The van der Waals surface area contributed by atoms with E-state index < -0.39 is 5.97 Å². The zero-order chi connectivity index (χ0) is 15.2. The molecule has 0 saturated heterocycles. The maximum absolute atomic E-state index is 11.9. The van der Waals surface area contributed by atoms with E-state index in [0.717, 1.165) is 10.8 Å². The molecule has 0 radical (unpaired) electrons. The lowest BCUT2D eigenvalue weighted by Crippen LogP contribution is -2.13. The average molecular weight is 326 g/mol. The van der Waals surface area contributed by atoms with Gasteiger partial charge in [-0.05, 0) is 31.5 Å². The fourth-order valence-electron chi connectivity index (χ4n) is 1.78. The summed E-state index contributed by atoms with van der Waals surface area (Å²) in [7, 11) is 0. The summed E-state index contributed by atoms with van der Waals surface area (Å²) in [6.07, 6.45) is 2.30. The molecule has 0 amide bonds. The number of rotatable bonds is 6. The van der Waals surface area contributed by atoms with E-state index in [0.29, 0.717) is 30.2 Å². The van der Waals surface area contributed by atoms with E-state index in [2.05, 4.69) is 10.3 Å². The molecule has 0 aliphatic carbocycles. The van der Waals surface area contributed by atoms with Crippen molar-refractivity contribution in [2.24, 2.45) is 0 Å². The predicted molar refractivity (Wildman–Crippen MR) is 86.1 cm³/mol. The third kappa shape index (κ3) is 4.34. The van der Waals surface area contributed by atoms with Gasteiger partial charge >= 0.3 is 5.97 Å². The maximum atomic E-state index is 11.9. The standard InChI is InChI=1S/C14H16ClN3O2S/c1-2-20-14(19)11-7-9(16)8-18-13(11)17-6-5-10-3-4-12(15)21-10/h3-4,7-8H,2,5-6,16H2,1H3,(H,17,18). The Hall–Kier alpha value is -1.79. The van der Waals surface area contributed by atoms with E-state index in [1.165, 1.54) is 22.4 Å². The van der Waals surface area contributed by atoms with Crippen LogP contribution in [-0.4, -0.2) is 24.1 Å². The highest BCUT2D eigenvalue weighted by atomic mass is 35.5. The van der Waals surface area contributed by atoms with Crippen LogP contribution in [0.1, 0.15) is 22.2 Å². The first-order chi connectivity index (χ1) is 10.1.